The summed E-state index contributed by atoms with van der Waals surface area (Å²) in [6.07, 6.45) is -3.19. The number of amides is 3. The molecular formula is C28H34Cl4F3N7O3-4. The number of nitrogens with two attached hydrogens (primary N) is 3. The normalized spacial score (nSPS) is 11.8. The highest BCUT2D eigenvalue weighted by atomic mass is 35.5. The molecule has 1 heterocycles. The van der Waals surface area contributed by atoms with Crippen molar-refractivity contribution in [2.24, 2.45) is 17.2 Å². The molecule has 0 aliphatic rings. The lowest BCUT2D eigenvalue weighted by Crippen LogP contribution is -3.00. The van der Waals surface area contributed by atoms with Crippen LogP contribution in [-0.2, 0) is 27.0 Å². The van der Waals surface area contributed by atoms with Crippen molar-refractivity contribution in [3.63, 3.8) is 0 Å². The fourth-order valence-electron chi connectivity index (χ4n) is 4.16. The van der Waals surface area contributed by atoms with Crippen LogP contribution in [0.25, 0.3) is 10.9 Å². The van der Waals surface area contributed by atoms with Crippen LogP contribution in [-0.4, -0.2) is 65.9 Å². The van der Waals surface area contributed by atoms with E-state index in [-0.39, 0.29) is 87.9 Å². The lowest BCUT2D eigenvalue weighted by molar-refractivity contribution is -0.137. The highest BCUT2D eigenvalue weighted by molar-refractivity contribution is 5.99. The minimum absolute atomic E-state index is 0. The van der Waals surface area contributed by atoms with E-state index in [0.29, 0.717) is 24.3 Å². The Labute approximate surface area is 284 Å². The van der Waals surface area contributed by atoms with Gasteiger partial charge < -0.3 is 82.4 Å². The van der Waals surface area contributed by atoms with Crippen molar-refractivity contribution in [1.29, 1.82) is 0 Å². The van der Waals surface area contributed by atoms with Gasteiger partial charge in [0.15, 0.2) is 0 Å². The van der Waals surface area contributed by atoms with E-state index in [1.807, 2.05) is 24.3 Å². The summed E-state index contributed by atoms with van der Waals surface area (Å²) in [4.78, 5) is 44.5. The Kier molecular flexibility index (Phi) is 20.6. The van der Waals surface area contributed by atoms with Crippen molar-refractivity contribution in [1.82, 2.24) is 15.2 Å². The van der Waals surface area contributed by atoms with Crippen LogP contribution < -0.4 is 77.5 Å². The minimum atomic E-state index is -4.51. The number of nitrogens with zero attached hydrogens (tertiary/aromatic N) is 2. The van der Waals surface area contributed by atoms with E-state index in [1.54, 1.807) is 6.07 Å². The molecule has 10 nitrogen and oxygen atoms in total. The standard InChI is InChI=1S/C28H34F3N7O3.4ClH/c29-28(30,31)20-7-5-18(6-8-20)15-24(27(41)36-21-16-19-3-1-2-4-23(19)35-17-21)37-26(40)22(34)9-10-25(39)38(13-11-32)14-12-33;;;;/h1-8,16-17,22,24H,9-15,32-34H2,(H,36,41)(H,37,40);4*1H/p-4/t22-,24-;;;;/m1..../s1. The van der Waals surface area contributed by atoms with Gasteiger partial charge in [0.1, 0.15) is 6.04 Å². The lowest BCUT2D eigenvalue weighted by Gasteiger charge is -2.23. The smallest absolute Gasteiger partial charge is 0.416 e. The van der Waals surface area contributed by atoms with Gasteiger partial charge in [-0.2, -0.15) is 13.2 Å². The first kappa shape index (κ1) is 44.2. The highest BCUT2D eigenvalue weighted by Gasteiger charge is 2.30. The van der Waals surface area contributed by atoms with Crippen LogP contribution in [0.3, 0.4) is 0 Å². The van der Waals surface area contributed by atoms with E-state index in [9.17, 15) is 27.6 Å². The molecule has 2 atom stereocenters. The van der Waals surface area contributed by atoms with E-state index >= 15 is 0 Å². The first-order valence-electron chi connectivity index (χ1n) is 13.1. The first-order chi connectivity index (χ1) is 19.5. The van der Waals surface area contributed by atoms with Crippen LogP contribution >= 0.6 is 0 Å². The predicted octanol–water partition coefficient (Wildman–Crippen LogP) is -10.2. The second-order valence-electron chi connectivity index (χ2n) is 9.47. The number of aromatic nitrogens is 1. The number of benzene rings is 2. The number of anilines is 1. The number of hydrogen-bond donors (Lipinski definition) is 5. The third kappa shape index (κ3) is 13.5. The summed E-state index contributed by atoms with van der Waals surface area (Å²) >= 11 is 0. The van der Waals surface area contributed by atoms with E-state index in [1.165, 1.54) is 23.2 Å². The van der Waals surface area contributed by atoms with E-state index < -0.39 is 35.6 Å². The number of carbonyl (C=O) groups excluding carboxylic acids is 3. The summed E-state index contributed by atoms with van der Waals surface area (Å²) in [5, 5.41) is 6.07. The number of alkyl halides is 3. The largest absolute Gasteiger partial charge is 1.00 e. The second-order valence-corrected chi connectivity index (χ2v) is 9.47. The summed E-state index contributed by atoms with van der Waals surface area (Å²) in [6.45, 7) is 1.14. The number of halogens is 7. The number of para-hydroxylation sites is 1. The van der Waals surface area contributed by atoms with Crippen molar-refractivity contribution < 1.29 is 77.2 Å². The molecule has 0 saturated heterocycles. The molecule has 17 heteroatoms. The lowest BCUT2D eigenvalue weighted by atomic mass is 10.0. The monoisotopic (exact) mass is 713 g/mol. The number of carbonyl (C=O) groups is 3. The van der Waals surface area contributed by atoms with Crippen molar-refractivity contribution >= 4 is 34.3 Å². The Morgan fingerprint density at radius 3 is 2.07 bits per heavy atom. The van der Waals surface area contributed by atoms with E-state index in [0.717, 1.165) is 23.0 Å². The van der Waals surface area contributed by atoms with Gasteiger partial charge in [-0.1, -0.05) is 30.3 Å². The molecule has 0 aliphatic heterocycles. The fourth-order valence-corrected chi connectivity index (χ4v) is 4.16. The van der Waals surface area contributed by atoms with Gasteiger partial charge in [-0.3, -0.25) is 19.4 Å². The molecule has 3 aromatic rings. The molecule has 3 rings (SSSR count). The Morgan fingerprint density at radius 1 is 0.889 bits per heavy atom. The van der Waals surface area contributed by atoms with Crippen LogP contribution in [0.2, 0.25) is 0 Å². The zero-order chi connectivity index (χ0) is 30.0. The average molecular weight is 715 g/mol. The molecule has 45 heavy (non-hydrogen) atoms. The molecule has 0 spiro atoms. The topological polar surface area (TPSA) is 169 Å². The van der Waals surface area contributed by atoms with Gasteiger partial charge in [-0.05, 0) is 36.2 Å². The van der Waals surface area contributed by atoms with Crippen molar-refractivity contribution in [3.05, 3.63) is 71.9 Å². The maximum atomic E-state index is 13.3. The molecule has 0 bridgehead atoms. The van der Waals surface area contributed by atoms with E-state index in [4.69, 9.17) is 17.2 Å². The fraction of sp³-hybridized carbons (Fsp3) is 0.357. The summed E-state index contributed by atoms with van der Waals surface area (Å²) in [5.74, 6) is -1.56. The third-order valence-corrected chi connectivity index (χ3v) is 6.37. The zero-order valence-corrected chi connectivity index (χ0v) is 26.9. The molecule has 1 aromatic heterocycles. The molecule has 0 unspecified atom stereocenters. The van der Waals surface area contributed by atoms with Crippen LogP contribution in [0.4, 0.5) is 18.9 Å². The molecule has 2 aromatic carbocycles. The molecule has 252 valence electrons. The van der Waals surface area contributed by atoms with Gasteiger partial charge in [0.05, 0.1) is 29.0 Å². The minimum Gasteiger partial charge on any atom is -1.00 e. The number of fused-ring (bicyclic) bond motifs is 1. The van der Waals surface area contributed by atoms with Crippen LogP contribution in [0.5, 0.6) is 0 Å². The number of hydrogen-bond acceptors (Lipinski definition) is 7. The molecular weight excluding hydrogens is 681 g/mol. The average Bonchev–Trinajstić information content (AvgIpc) is 2.94. The Hall–Kier alpha value is -2.91. The Morgan fingerprint density at radius 2 is 1.49 bits per heavy atom. The quantitative estimate of drug-likeness (QED) is 0.117. The van der Waals surface area contributed by atoms with Gasteiger partial charge in [0, 0.05) is 44.4 Å². The maximum absolute atomic E-state index is 13.3. The summed E-state index contributed by atoms with van der Waals surface area (Å²) in [7, 11) is 0. The third-order valence-electron chi connectivity index (χ3n) is 6.37. The molecule has 0 aliphatic carbocycles. The van der Waals surface area contributed by atoms with Crippen LogP contribution in [0.1, 0.15) is 24.0 Å². The molecule has 3 amide bonds. The van der Waals surface area contributed by atoms with E-state index in [2.05, 4.69) is 15.6 Å². The van der Waals surface area contributed by atoms with Crippen LogP contribution in [0, 0.1) is 0 Å². The van der Waals surface area contributed by atoms with Crippen molar-refractivity contribution in [3.8, 4) is 0 Å². The van der Waals surface area contributed by atoms with Crippen molar-refractivity contribution in [2.75, 3.05) is 31.5 Å². The summed E-state index contributed by atoms with van der Waals surface area (Å²) in [5.41, 5.74) is 17.8. The molecule has 0 saturated carbocycles. The molecule has 0 radical (unpaired) electrons. The van der Waals surface area contributed by atoms with Gasteiger partial charge in [0.2, 0.25) is 17.7 Å². The highest BCUT2D eigenvalue weighted by Crippen LogP contribution is 2.29. The number of pyridine rings is 1. The Bertz CT molecular complexity index is 1350. The van der Waals surface area contributed by atoms with Gasteiger partial charge >= 0.3 is 6.18 Å². The number of nitrogens with one attached hydrogen (secondary N) is 2. The first-order valence-corrected chi connectivity index (χ1v) is 13.1. The second kappa shape index (κ2) is 21.0. The predicted molar refractivity (Wildman–Crippen MR) is 149 cm³/mol. The van der Waals surface area contributed by atoms with Gasteiger partial charge in [-0.15, -0.1) is 0 Å². The maximum Gasteiger partial charge on any atom is 0.416 e. The molecule has 8 N–H and O–H groups in total. The summed E-state index contributed by atoms with van der Waals surface area (Å²) in [6, 6.07) is 11.0. The zero-order valence-electron chi connectivity index (χ0n) is 23.9. The number of rotatable bonds is 13. The van der Waals surface area contributed by atoms with Crippen LogP contribution in [0.15, 0.2) is 60.8 Å². The van der Waals surface area contributed by atoms with Crippen molar-refractivity contribution in [2.45, 2.75) is 37.5 Å². The SMILES string of the molecule is NCCN(CCN)C(=O)CC[C@@H](N)C(=O)N[C@H](Cc1ccc(C(F)(F)F)cc1)C(=O)Nc1cnc2ccccc2c1.[Cl-].[Cl-].[Cl-].[Cl-]. The Balaban J connectivity index is 0. The van der Waals surface area contributed by atoms with Gasteiger partial charge in [0.25, 0.3) is 0 Å². The molecule has 0 fully saturated rings. The van der Waals surface area contributed by atoms with Gasteiger partial charge in [-0.25, -0.2) is 0 Å². The summed E-state index contributed by atoms with van der Waals surface area (Å²) < 4.78 is 39.0.